The lowest BCUT2D eigenvalue weighted by Crippen LogP contribution is -2.38. The summed E-state index contributed by atoms with van der Waals surface area (Å²) in [5, 5.41) is 11.2. The van der Waals surface area contributed by atoms with Gasteiger partial charge in [-0.3, -0.25) is 9.59 Å². The lowest BCUT2D eigenvalue weighted by atomic mass is 10.1. The van der Waals surface area contributed by atoms with Crippen molar-refractivity contribution >= 4 is 11.9 Å². The highest BCUT2D eigenvalue weighted by Gasteiger charge is 2.17. The molecule has 1 aromatic carbocycles. The molecule has 1 atom stereocenters. The first-order valence-corrected chi connectivity index (χ1v) is 7.82. The molecular weight excluding hydrogens is 282 g/mol. The minimum Gasteiger partial charge on any atom is -0.490 e. The van der Waals surface area contributed by atoms with E-state index in [0.717, 1.165) is 24.2 Å². The SMILES string of the molecule is C[C@@H](NC(=O)CCc1cccc(OC2CCCC2)c1)C(=O)O. The van der Waals surface area contributed by atoms with Gasteiger partial charge in [0.15, 0.2) is 0 Å². The number of aryl methyl sites for hydroxylation is 1. The van der Waals surface area contributed by atoms with E-state index in [1.165, 1.54) is 19.8 Å². The zero-order chi connectivity index (χ0) is 15.9. The molecule has 0 heterocycles. The van der Waals surface area contributed by atoms with Gasteiger partial charge < -0.3 is 15.2 Å². The van der Waals surface area contributed by atoms with E-state index in [9.17, 15) is 9.59 Å². The molecule has 1 saturated carbocycles. The number of carbonyl (C=O) groups is 2. The number of hydrogen-bond donors (Lipinski definition) is 2. The second-order valence-corrected chi connectivity index (χ2v) is 5.80. The summed E-state index contributed by atoms with van der Waals surface area (Å²) < 4.78 is 5.94. The van der Waals surface area contributed by atoms with Crippen LogP contribution >= 0.6 is 0 Å². The normalized spacial score (nSPS) is 16.2. The summed E-state index contributed by atoms with van der Waals surface area (Å²) >= 11 is 0. The highest BCUT2D eigenvalue weighted by atomic mass is 16.5. The van der Waals surface area contributed by atoms with Crippen LogP contribution in [0.15, 0.2) is 24.3 Å². The number of ether oxygens (including phenoxy) is 1. The molecular formula is C17H23NO4. The molecule has 1 amide bonds. The Bertz CT molecular complexity index is 523. The molecule has 1 aromatic rings. The second-order valence-electron chi connectivity index (χ2n) is 5.80. The molecule has 0 unspecified atom stereocenters. The highest BCUT2D eigenvalue weighted by Crippen LogP contribution is 2.24. The second kappa shape index (κ2) is 7.82. The van der Waals surface area contributed by atoms with Crippen LogP contribution in [0.5, 0.6) is 5.75 Å². The standard InChI is InChI=1S/C17H23NO4/c1-12(17(20)21)18-16(19)10-9-13-5-4-8-15(11-13)22-14-6-2-3-7-14/h4-5,8,11-12,14H,2-3,6-7,9-10H2,1H3,(H,18,19)(H,20,21)/t12-/m1/s1. The molecule has 5 nitrogen and oxygen atoms in total. The van der Waals surface area contributed by atoms with Gasteiger partial charge >= 0.3 is 5.97 Å². The predicted octanol–water partition coefficient (Wildman–Crippen LogP) is 2.53. The molecule has 2 N–H and O–H groups in total. The van der Waals surface area contributed by atoms with Crippen LogP contribution in [0.2, 0.25) is 0 Å². The molecule has 120 valence electrons. The minimum absolute atomic E-state index is 0.253. The van der Waals surface area contributed by atoms with Crippen LogP contribution in [0.3, 0.4) is 0 Å². The van der Waals surface area contributed by atoms with E-state index in [1.807, 2.05) is 24.3 Å². The van der Waals surface area contributed by atoms with Crippen molar-refractivity contribution in [2.45, 2.75) is 57.6 Å². The van der Waals surface area contributed by atoms with Crippen molar-refractivity contribution in [2.75, 3.05) is 0 Å². The van der Waals surface area contributed by atoms with Crippen molar-refractivity contribution in [1.82, 2.24) is 5.32 Å². The number of hydrogen-bond acceptors (Lipinski definition) is 3. The summed E-state index contributed by atoms with van der Waals surface area (Å²) in [6, 6.07) is 6.93. The van der Waals surface area contributed by atoms with Gasteiger partial charge in [0, 0.05) is 6.42 Å². The van der Waals surface area contributed by atoms with E-state index < -0.39 is 12.0 Å². The fourth-order valence-corrected chi connectivity index (χ4v) is 2.61. The quantitative estimate of drug-likeness (QED) is 0.811. The van der Waals surface area contributed by atoms with Gasteiger partial charge in [0.1, 0.15) is 11.8 Å². The number of rotatable bonds is 7. The number of amides is 1. The summed E-state index contributed by atoms with van der Waals surface area (Å²) in [7, 11) is 0. The van der Waals surface area contributed by atoms with Crippen LogP contribution in [0.4, 0.5) is 0 Å². The van der Waals surface area contributed by atoms with Crippen LogP contribution in [0.1, 0.15) is 44.6 Å². The van der Waals surface area contributed by atoms with Crippen molar-refractivity contribution in [3.05, 3.63) is 29.8 Å². The average molecular weight is 305 g/mol. The van der Waals surface area contributed by atoms with Gasteiger partial charge in [-0.25, -0.2) is 0 Å². The van der Waals surface area contributed by atoms with E-state index in [1.54, 1.807) is 0 Å². The number of nitrogens with one attached hydrogen (secondary N) is 1. The fourth-order valence-electron chi connectivity index (χ4n) is 2.61. The topological polar surface area (TPSA) is 75.6 Å². The maximum atomic E-state index is 11.7. The molecule has 22 heavy (non-hydrogen) atoms. The monoisotopic (exact) mass is 305 g/mol. The molecule has 0 radical (unpaired) electrons. The molecule has 0 bridgehead atoms. The van der Waals surface area contributed by atoms with E-state index in [-0.39, 0.29) is 12.3 Å². The first kappa shape index (κ1) is 16.3. The van der Waals surface area contributed by atoms with Gasteiger partial charge in [0.25, 0.3) is 0 Å². The molecule has 1 aliphatic carbocycles. The minimum atomic E-state index is -1.03. The number of benzene rings is 1. The summed E-state index contributed by atoms with van der Waals surface area (Å²) in [6.07, 6.45) is 5.83. The van der Waals surface area contributed by atoms with E-state index in [4.69, 9.17) is 9.84 Å². The Morgan fingerprint density at radius 1 is 1.36 bits per heavy atom. The average Bonchev–Trinajstić information content (AvgIpc) is 2.98. The van der Waals surface area contributed by atoms with E-state index >= 15 is 0 Å². The Morgan fingerprint density at radius 3 is 2.77 bits per heavy atom. The van der Waals surface area contributed by atoms with Crippen LogP contribution in [-0.4, -0.2) is 29.1 Å². The van der Waals surface area contributed by atoms with Crippen molar-refractivity contribution in [3.63, 3.8) is 0 Å². The zero-order valence-corrected chi connectivity index (χ0v) is 12.9. The molecule has 0 spiro atoms. The summed E-state index contributed by atoms with van der Waals surface area (Å²) in [5.41, 5.74) is 1.02. The maximum Gasteiger partial charge on any atom is 0.325 e. The summed E-state index contributed by atoms with van der Waals surface area (Å²) in [6.45, 7) is 1.45. The third-order valence-corrected chi connectivity index (χ3v) is 3.89. The first-order chi connectivity index (χ1) is 10.5. The van der Waals surface area contributed by atoms with E-state index in [0.29, 0.717) is 12.5 Å². The predicted molar refractivity (Wildman–Crippen MR) is 82.9 cm³/mol. The lowest BCUT2D eigenvalue weighted by molar-refractivity contribution is -0.141. The smallest absolute Gasteiger partial charge is 0.325 e. The first-order valence-electron chi connectivity index (χ1n) is 7.82. The van der Waals surface area contributed by atoms with Crippen LogP contribution in [0, 0.1) is 0 Å². The van der Waals surface area contributed by atoms with Crippen LogP contribution in [-0.2, 0) is 16.0 Å². The summed E-state index contributed by atoms with van der Waals surface area (Å²) in [4.78, 5) is 22.4. The number of carboxylic acid groups (broad SMARTS) is 1. The van der Waals surface area contributed by atoms with Crippen LogP contribution < -0.4 is 10.1 Å². The number of aliphatic carboxylic acids is 1. The van der Waals surface area contributed by atoms with Gasteiger partial charge in [0.05, 0.1) is 6.10 Å². The van der Waals surface area contributed by atoms with Crippen molar-refractivity contribution in [3.8, 4) is 5.75 Å². The molecule has 0 saturated heterocycles. The Balaban J connectivity index is 1.82. The molecule has 0 aliphatic heterocycles. The number of carboxylic acids is 1. The van der Waals surface area contributed by atoms with Crippen molar-refractivity contribution < 1.29 is 19.4 Å². The largest absolute Gasteiger partial charge is 0.490 e. The summed E-state index contributed by atoms with van der Waals surface area (Å²) in [5.74, 6) is -0.430. The maximum absolute atomic E-state index is 11.7. The zero-order valence-electron chi connectivity index (χ0n) is 12.9. The van der Waals surface area contributed by atoms with Gasteiger partial charge in [-0.15, -0.1) is 0 Å². The molecule has 5 heteroatoms. The Kier molecular flexibility index (Phi) is 5.81. The molecule has 0 aromatic heterocycles. The van der Waals surface area contributed by atoms with E-state index in [2.05, 4.69) is 5.32 Å². The molecule has 1 fully saturated rings. The molecule has 2 rings (SSSR count). The fraction of sp³-hybridized carbons (Fsp3) is 0.529. The Labute approximate surface area is 130 Å². The lowest BCUT2D eigenvalue weighted by Gasteiger charge is -2.14. The Morgan fingerprint density at radius 2 is 2.09 bits per heavy atom. The Hall–Kier alpha value is -2.04. The van der Waals surface area contributed by atoms with Gasteiger partial charge in [-0.2, -0.15) is 0 Å². The van der Waals surface area contributed by atoms with Gasteiger partial charge in [-0.1, -0.05) is 12.1 Å². The molecule has 1 aliphatic rings. The van der Waals surface area contributed by atoms with Crippen molar-refractivity contribution in [2.24, 2.45) is 0 Å². The number of carbonyl (C=O) groups excluding carboxylic acids is 1. The third-order valence-electron chi connectivity index (χ3n) is 3.89. The third kappa shape index (κ3) is 5.06. The highest BCUT2D eigenvalue weighted by molar-refractivity contribution is 5.83. The van der Waals surface area contributed by atoms with Crippen LogP contribution in [0.25, 0.3) is 0 Å². The van der Waals surface area contributed by atoms with Gasteiger partial charge in [-0.05, 0) is 56.7 Å². The van der Waals surface area contributed by atoms with Crippen molar-refractivity contribution in [1.29, 1.82) is 0 Å². The van der Waals surface area contributed by atoms with Gasteiger partial charge in [0.2, 0.25) is 5.91 Å².